The van der Waals surface area contributed by atoms with Crippen LogP contribution in [0.5, 0.6) is 0 Å². The molecule has 5 heteroatoms. The van der Waals surface area contributed by atoms with Crippen LogP contribution in [-0.2, 0) is 4.79 Å². The van der Waals surface area contributed by atoms with E-state index in [-0.39, 0.29) is 11.6 Å². The summed E-state index contributed by atoms with van der Waals surface area (Å²) in [5.74, 6) is -0.523. The Morgan fingerprint density at radius 3 is 2.53 bits per heavy atom. The number of nitrogens with zero attached hydrogens (tertiary/aromatic N) is 1. The first kappa shape index (κ1) is 14.2. The average Bonchev–Trinajstić information content (AvgIpc) is 2.75. The largest absolute Gasteiger partial charge is 0.480 e. The zero-order chi connectivity index (χ0) is 14.0. The van der Waals surface area contributed by atoms with E-state index in [0.717, 1.165) is 32.1 Å². The number of carboxylic acid groups (broad SMARTS) is 1. The van der Waals surface area contributed by atoms with Gasteiger partial charge >= 0.3 is 12.0 Å². The molecule has 0 aromatic carbocycles. The van der Waals surface area contributed by atoms with Gasteiger partial charge in [-0.2, -0.15) is 0 Å². The number of amides is 2. The van der Waals surface area contributed by atoms with E-state index in [2.05, 4.69) is 12.2 Å². The topological polar surface area (TPSA) is 69.6 Å². The Balaban J connectivity index is 2.02. The molecule has 1 saturated heterocycles. The summed E-state index contributed by atoms with van der Waals surface area (Å²) in [6.45, 7) is 4.64. The quantitative estimate of drug-likeness (QED) is 0.806. The van der Waals surface area contributed by atoms with Crippen molar-refractivity contribution in [3.63, 3.8) is 0 Å². The SMILES string of the molecule is CC1CCN(C(=O)NC2(C)CCCC2)C(C(=O)O)C1. The lowest BCUT2D eigenvalue weighted by atomic mass is 9.92. The summed E-state index contributed by atoms with van der Waals surface area (Å²) in [5, 5.41) is 12.3. The van der Waals surface area contributed by atoms with Gasteiger partial charge in [0.05, 0.1) is 0 Å². The van der Waals surface area contributed by atoms with Crippen LogP contribution in [0.1, 0.15) is 52.4 Å². The first-order valence-corrected chi connectivity index (χ1v) is 7.23. The van der Waals surface area contributed by atoms with Gasteiger partial charge in [0.1, 0.15) is 6.04 Å². The number of hydrogen-bond donors (Lipinski definition) is 2. The predicted octanol–water partition coefficient (Wildman–Crippen LogP) is 2.21. The minimum absolute atomic E-state index is 0.150. The van der Waals surface area contributed by atoms with Crippen molar-refractivity contribution in [2.24, 2.45) is 5.92 Å². The van der Waals surface area contributed by atoms with Crippen LogP contribution in [0.4, 0.5) is 4.79 Å². The van der Waals surface area contributed by atoms with Crippen LogP contribution in [0.15, 0.2) is 0 Å². The Morgan fingerprint density at radius 1 is 1.32 bits per heavy atom. The number of likely N-dealkylation sites (tertiary alicyclic amines) is 1. The summed E-state index contributed by atoms with van der Waals surface area (Å²) in [7, 11) is 0. The predicted molar refractivity (Wildman–Crippen MR) is 71.9 cm³/mol. The molecule has 1 heterocycles. The van der Waals surface area contributed by atoms with Crippen molar-refractivity contribution in [3.05, 3.63) is 0 Å². The van der Waals surface area contributed by atoms with E-state index in [4.69, 9.17) is 0 Å². The number of rotatable bonds is 2. The third kappa shape index (κ3) is 3.19. The molecule has 1 aliphatic carbocycles. The molecular formula is C14H24N2O3. The fourth-order valence-corrected chi connectivity index (χ4v) is 3.23. The van der Waals surface area contributed by atoms with Gasteiger partial charge in [-0.1, -0.05) is 19.8 Å². The Bertz CT molecular complexity index is 364. The summed E-state index contributed by atoms with van der Waals surface area (Å²) in [6, 6.07) is -0.877. The number of nitrogens with one attached hydrogen (secondary N) is 1. The molecule has 2 N–H and O–H groups in total. The van der Waals surface area contributed by atoms with Crippen molar-refractivity contribution < 1.29 is 14.7 Å². The van der Waals surface area contributed by atoms with Gasteiger partial charge < -0.3 is 15.3 Å². The molecule has 2 unspecified atom stereocenters. The molecule has 108 valence electrons. The molecule has 0 radical (unpaired) electrons. The maximum absolute atomic E-state index is 12.3. The molecule has 0 spiro atoms. The lowest BCUT2D eigenvalue weighted by Gasteiger charge is -2.38. The first-order chi connectivity index (χ1) is 8.91. The highest BCUT2D eigenvalue weighted by atomic mass is 16.4. The number of urea groups is 1. The van der Waals surface area contributed by atoms with Gasteiger partial charge in [-0.05, 0) is 38.5 Å². The second-order valence-corrected chi connectivity index (χ2v) is 6.37. The van der Waals surface area contributed by atoms with Gasteiger partial charge in [0, 0.05) is 12.1 Å². The van der Waals surface area contributed by atoms with Crippen LogP contribution >= 0.6 is 0 Å². The molecule has 2 rings (SSSR count). The van der Waals surface area contributed by atoms with Crippen LogP contribution in [0, 0.1) is 5.92 Å². The molecule has 0 bridgehead atoms. The molecule has 19 heavy (non-hydrogen) atoms. The number of hydrogen-bond acceptors (Lipinski definition) is 2. The van der Waals surface area contributed by atoms with Crippen LogP contribution in [0.2, 0.25) is 0 Å². The molecule has 1 aliphatic heterocycles. The van der Waals surface area contributed by atoms with Crippen LogP contribution in [-0.4, -0.2) is 40.1 Å². The van der Waals surface area contributed by atoms with E-state index >= 15 is 0 Å². The fourth-order valence-electron chi connectivity index (χ4n) is 3.23. The maximum Gasteiger partial charge on any atom is 0.326 e. The fraction of sp³-hybridized carbons (Fsp3) is 0.857. The highest BCUT2D eigenvalue weighted by Gasteiger charge is 2.38. The van der Waals surface area contributed by atoms with E-state index in [0.29, 0.717) is 18.9 Å². The summed E-state index contributed by atoms with van der Waals surface area (Å²) < 4.78 is 0. The number of carboxylic acids is 1. The third-order valence-corrected chi connectivity index (χ3v) is 4.53. The zero-order valence-electron chi connectivity index (χ0n) is 11.8. The summed E-state index contributed by atoms with van der Waals surface area (Å²) >= 11 is 0. The highest BCUT2D eigenvalue weighted by Crippen LogP contribution is 2.30. The standard InChI is InChI=1S/C14H24N2O3/c1-10-5-8-16(11(9-10)12(17)18)13(19)15-14(2)6-3-4-7-14/h10-11H,3-9H2,1-2H3,(H,15,19)(H,17,18). The zero-order valence-corrected chi connectivity index (χ0v) is 11.8. The number of piperidine rings is 1. The van der Waals surface area contributed by atoms with E-state index < -0.39 is 12.0 Å². The summed E-state index contributed by atoms with van der Waals surface area (Å²) in [5.41, 5.74) is -0.150. The summed E-state index contributed by atoms with van der Waals surface area (Å²) in [6.07, 6.45) is 5.68. The van der Waals surface area contributed by atoms with Crippen LogP contribution in [0.3, 0.4) is 0 Å². The Hall–Kier alpha value is -1.26. The van der Waals surface area contributed by atoms with E-state index in [1.54, 1.807) is 0 Å². The Morgan fingerprint density at radius 2 is 1.95 bits per heavy atom. The third-order valence-electron chi connectivity index (χ3n) is 4.53. The molecule has 2 atom stereocenters. The summed E-state index contributed by atoms with van der Waals surface area (Å²) in [4.78, 5) is 25.1. The van der Waals surface area contributed by atoms with Crippen LogP contribution in [0.25, 0.3) is 0 Å². The maximum atomic E-state index is 12.3. The van der Waals surface area contributed by atoms with E-state index in [1.165, 1.54) is 4.90 Å². The molecule has 2 amide bonds. The highest BCUT2D eigenvalue weighted by molar-refractivity contribution is 5.83. The molecule has 0 aromatic heterocycles. The van der Waals surface area contributed by atoms with Gasteiger partial charge in [0.2, 0.25) is 0 Å². The molecule has 2 fully saturated rings. The second-order valence-electron chi connectivity index (χ2n) is 6.37. The number of carbonyl (C=O) groups is 2. The molecule has 5 nitrogen and oxygen atoms in total. The van der Waals surface area contributed by atoms with Crippen molar-refractivity contribution in [1.29, 1.82) is 0 Å². The normalized spacial score (nSPS) is 30.1. The lowest BCUT2D eigenvalue weighted by molar-refractivity contribution is -0.143. The minimum Gasteiger partial charge on any atom is -0.480 e. The van der Waals surface area contributed by atoms with Gasteiger partial charge in [0.25, 0.3) is 0 Å². The molecule has 0 aromatic rings. The number of carbonyl (C=O) groups excluding carboxylic acids is 1. The van der Waals surface area contributed by atoms with Gasteiger partial charge in [-0.25, -0.2) is 9.59 Å². The van der Waals surface area contributed by atoms with Crippen molar-refractivity contribution in [3.8, 4) is 0 Å². The monoisotopic (exact) mass is 268 g/mol. The van der Waals surface area contributed by atoms with E-state index in [9.17, 15) is 14.7 Å². The molecule has 2 aliphatic rings. The lowest BCUT2D eigenvalue weighted by Crippen LogP contribution is -2.57. The van der Waals surface area contributed by atoms with Gasteiger partial charge in [0.15, 0.2) is 0 Å². The molecule has 1 saturated carbocycles. The Labute approximate surface area is 114 Å². The van der Waals surface area contributed by atoms with Gasteiger partial charge in [-0.15, -0.1) is 0 Å². The Kier molecular flexibility index (Phi) is 4.02. The van der Waals surface area contributed by atoms with Crippen molar-refractivity contribution in [1.82, 2.24) is 10.2 Å². The molecular weight excluding hydrogens is 244 g/mol. The van der Waals surface area contributed by atoms with E-state index in [1.807, 2.05) is 6.92 Å². The van der Waals surface area contributed by atoms with Crippen molar-refractivity contribution in [2.45, 2.75) is 64.0 Å². The average molecular weight is 268 g/mol. The van der Waals surface area contributed by atoms with Crippen molar-refractivity contribution in [2.75, 3.05) is 6.54 Å². The minimum atomic E-state index is -0.890. The second kappa shape index (κ2) is 5.39. The first-order valence-electron chi connectivity index (χ1n) is 7.23. The smallest absolute Gasteiger partial charge is 0.326 e. The van der Waals surface area contributed by atoms with Crippen LogP contribution < -0.4 is 5.32 Å². The van der Waals surface area contributed by atoms with Crippen molar-refractivity contribution >= 4 is 12.0 Å². The number of aliphatic carboxylic acids is 1. The van der Waals surface area contributed by atoms with Gasteiger partial charge in [-0.3, -0.25) is 0 Å².